The molecule has 0 atom stereocenters. The van der Waals surface area contributed by atoms with Crippen molar-refractivity contribution >= 4 is 21.8 Å². The number of ether oxygens (including phenoxy) is 1. The Morgan fingerprint density at radius 1 is 0.780 bits per heavy atom. The molecule has 6 heteroatoms. The number of benzene rings is 4. The molecule has 0 aliphatic heterocycles. The fourth-order valence-corrected chi connectivity index (χ4v) is 6.69. The number of nitrogens with zero attached hydrogens (tertiary/aromatic N) is 4. The topological polar surface area (TPSA) is 44.9 Å². The van der Waals surface area contributed by atoms with Crippen LogP contribution in [0.3, 0.4) is 0 Å². The van der Waals surface area contributed by atoms with Gasteiger partial charge in [0.1, 0.15) is 5.82 Å². The number of hydrogen-bond acceptors (Lipinski definition) is 3. The molecule has 0 saturated heterocycles. The van der Waals surface area contributed by atoms with Gasteiger partial charge in [0.15, 0.2) is 0 Å². The Bertz CT molecular complexity index is 2290. The van der Waals surface area contributed by atoms with Crippen molar-refractivity contribution in [3.8, 4) is 34.1 Å². The smallest absolute Gasteiger partial charge is 0.509 e. The number of pyridine rings is 1. The third kappa shape index (κ3) is 6.56. The second-order valence-corrected chi connectivity index (χ2v) is 14.5. The Hall–Kier alpha value is -4.47. The van der Waals surface area contributed by atoms with Crippen molar-refractivity contribution in [2.75, 3.05) is 0 Å². The van der Waals surface area contributed by atoms with Gasteiger partial charge in [-0.3, -0.25) is 4.68 Å². The standard InChI is InChI=1S/C44H44N4O.Pt/c1-9-30-21-22-45-40(23-30)47-38-18-14-13-17-36(38)37-20-19-34(27-39(37)47)49-35-25-32(44(6,7)8)24-33(26-35)48-43(29(4)5)41(42(46-48)28(2)3)31-15-11-10-12-16-31;/h10-25,28-29H,9H2,1-8H3;/q-2;+2. The number of fused-ring (bicyclic) bond motifs is 3. The molecule has 0 unspecified atom stereocenters. The van der Waals surface area contributed by atoms with Crippen molar-refractivity contribution in [2.45, 2.75) is 79.1 Å². The Labute approximate surface area is 310 Å². The van der Waals surface area contributed by atoms with Gasteiger partial charge in [-0.15, -0.1) is 41.3 Å². The van der Waals surface area contributed by atoms with Crippen LogP contribution in [-0.4, -0.2) is 19.3 Å². The molecule has 3 aromatic heterocycles. The fraction of sp³-hybridized carbons (Fsp3) is 0.273. The van der Waals surface area contributed by atoms with E-state index in [1.807, 2.05) is 12.3 Å². The second kappa shape index (κ2) is 14.0. The van der Waals surface area contributed by atoms with Crippen molar-refractivity contribution in [2.24, 2.45) is 0 Å². The van der Waals surface area contributed by atoms with Crippen LogP contribution in [0.25, 0.3) is 44.4 Å². The summed E-state index contributed by atoms with van der Waals surface area (Å²) in [5.41, 5.74) is 9.76. The Morgan fingerprint density at radius 2 is 1.52 bits per heavy atom. The van der Waals surface area contributed by atoms with Crippen LogP contribution >= 0.6 is 0 Å². The van der Waals surface area contributed by atoms with Gasteiger partial charge in [0.25, 0.3) is 0 Å². The van der Waals surface area contributed by atoms with Gasteiger partial charge in [-0.1, -0.05) is 109 Å². The summed E-state index contributed by atoms with van der Waals surface area (Å²) >= 11 is 0. The van der Waals surface area contributed by atoms with E-state index in [1.54, 1.807) is 0 Å². The average Bonchev–Trinajstić information content (AvgIpc) is 3.65. The summed E-state index contributed by atoms with van der Waals surface area (Å²) in [6.07, 6.45) is 2.82. The third-order valence-electron chi connectivity index (χ3n) is 9.25. The summed E-state index contributed by atoms with van der Waals surface area (Å²) in [5, 5.41) is 7.54. The Balaban J connectivity index is 0.00000432. The molecule has 0 N–H and O–H groups in total. The molecule has 0 spiro atoms. The van der Waals surface area contributed by atoms with Crippen LogP contribution in [0.5, 0.6) is 11.5 Å². The van der Waals surface area contributed by atoms with Crippen LogP contribution in [0.2, 0.25) is 0 Å². The fourth-order valence-electron chi connectivity index (χ4n) is 6.69. The van der Waals surface area contributed by atoms with Crippen LogP contribution in [-0.2, 0) is 32.9 Å². The predicted octanol–water partition coefficient (Wildman–Crippen LogP) is 11.5. The molecule has 50 heavy (non-hydrogen) atoms. The summed E-state index contributed by atoms with van der Waals surface area (Å²) in [4.78, 5) is 4.78. The molecule has 0 radical (unpaired) electrons. The maximum atomic E-state index is 6.70. The zero-order valence-electron chi connectivity index (χ0n) is 30.1. The number of rotatable bonds is 8. The van der Waals surface area contributed by atoms with Gasteiger partial charge >= 0.3 is 21.1 Å². The Kier molecular flexibility index (Phi) is 9.93. The largest absolute Gasteiger partial charge is 2.00 e. The molecular weight excluding hydrogens is 796 g/mol. The van der Waals surface area contributed by atoms with Gasteiger partial charge in [0.2, 0.25) is 0 Å². The molecule has 0 saturated carbocycles. The quantitative estimate of drug-likeness (QED) is 0.143. The maximum Gasteiger partial charge on any atom is 2.00 e. The van der Waals surface area contributed by atoms with E-state index in [0.717, 1.165) is 51.0 Å². The van der Waals surface area contributed by atoms with Crippen molar-refractivity contribution in [1.82, 2.24) is 19.3 Å². The first-order chi connectivity index (χ1) is 23.5. The van der Waals surface area contributed by atoms with E-state index in [2.05, 4.69) is 162 Å². The molecule has 0 fully saturated rings. The molecule has 0 bridgehead atoms. The zero-order valence-corrected chi connectivity index (χ0v) is 32.4. The molecule has 7 rings (SSSR count). The molecule has 3 heterocycles. The van der Waals surface area contributed by atoms with Crippen molar-refractivity contribution in [3.63, 3.8) is 0 Å². The van der Waals surface area contributed by atoms with E-state index in [4.69, 9.17) is 14.8 Å². The van der Waals surface area contributed by atoms with Gasteiger partial charge in [0, 0.05) is 28.8 Å². The molecule has 0 aliphatic rings. The van der Waals surface area contributed by atoms with E-state index in [9.17, 15) is 0 Å². The number of hydrogen-bond donors (Lipinski definition) is 0. The molecule has 0 aliphatic carbocycles. The van der Waals surface area contributed by atoms with Crippen LogP contribution in [0, 0.1) is 12.1 Å². The average molecular weight is 840 g/mol. The predicted molar refractivity (Wildman–Crippen MR) is 202 cm³/mol. The minimum absolute atomic E-state index is 0. The molecular formula is C44H44N4OPt. The minimum atomic E-state index is -0.133. The molecule has 5 nitrogen and oxygen atoms in total. The Morgan fingerprint density at radius 3 is 2.22 bits per heavy atom. The van der Waals surface area contributed by atoms with Crippen LogP contribution in [0.1, 0.15) is 89.7 Å². The number of aryl methyl sites for hydroxylation is 1. The SMILES string of the molecule is CCc1ccnc(-n2c3[c-]c(Oc4[c-]c(-n5nc(C(C)C)c(-c6ccccc6)c5C(C)C)cc(C(C)(C)C)c4)ccc3c3ccccc32)c1.[Pt+2]. The first kappa shape index (κ1) is 35.4. The van der Waals surface area contributed by atoms with E-state index >= 15 is 0 Å². The van der Waals surface area contributed by atoms with Gasteiger partial charge in [-0.25, -0.2) is 4.98 Å². The van der Waals surface area contributed by atoms with E-state index in [-0.39, 0.29) is 38.3 Å². The maximum absolute atomic E-state index is 6.70. The first-order valence-corrected chi connectivity index (χ1v) is 17.4. The zero-order chi connectivity index (χ0) is 34.4. The summed E-state index contributed by atoms with van der Waals surface area (Å²) in [5.74, 6) is 2.59. The van der Waals surface area contributed by atoms with Gasteiger partial charge in [-0.2, -0.15) is 11.2 Å². The minimum Gasteiger partial charge on any atom is -0.509 e. The normalized spacial score (nSPS) is 11.9. The summed E-state index contributed by atoms with van der Waals surface area (Å²) in [7, 11) is 0. The van der Waals surface area contributed by atoms with Gasteiger partial charge in [-0.05, 0) is 64.1 Å². The van der Waals surface area contributed by atoms with Crippen LogP contribution in [0.15, 0.2) is 97.2 Å². The molecule has 4 aromatic carbocycles. The van der Waals surface area contributed by atoms with Crippen molar-refractivity contribution < 1.29 is 25.8 Å². The van der Waals surface area contributed by atoms with Gasteiger partial charge in [0.05, 0.1) is 11.4 Å². The van der Waals surface area contributed by atoms with Crippen LogP contribution < -0.4 is 4.74 Å². The number of para-hydroxylation sites is 1. The number of aromatic nitrogens is 4. The van der Waals surface area contributed by atoms with E-state index in [0.29, 0.717) is 11.5 Å². The van der Waals surface area contributed by atoms with E-state index < -0.39 is 0 Å². The van der Waals surface area contributed by atoms with Crippen LogP contribution in [0.4, 0.5) is 0 Å². The van der Waals surface area contributed by atoms with Gasteiger partial charge < -0.3 is 9.30 Å². The van der Waals surface area contributed by atoms with Crippen molar-refractivity contribution in [3.05, 3.63) is 132 Å². The molecule has 256 valence electrons. The van der Waals surface area contributed by atoms with E-state index in [1.165, 1.54) is 22.4 Å². The molecule has 7 aromatic rings. The monoisotopic (exact) mass is 839 g/mol. The molecule has 0 amide bonds. The van der Waals surface area contributed by atoms with Crippen molar-refractivity contribution in [1.29, 1.82) is 0 Å². The first-order valence-electron chi connectivity index (χ1n) is 17.4. The summed E-state index contributed by atoms with van der Waals surface area (Å²) in [6, 6.07) is 39.0. The summed E-state index contributed by atoms with van der Waals surface area (Å²) < 4.78 is 11.0. The third-order valence-corrected chi connectivity index (χ3v) is 9.25. The second-order valence-electron chi connectivity index (χ2n) is 14.5. The summed E-state index contributed by atoms with van der Waals surface area (Å²) in [6.45, 7) is 17.8.